The smallest absolute Gasteiger partial charge is 0.253 e. The lowest BCUT2D eigenvalue weighted by Crippen LogP contribution is -2.50. The van der Waals surface area contributed by atoms with Crippen molar-refractivity contribution < 1.29 is 9.59 Å². The molecule has 0 aliphatic carbocycles. The predicted molar refractivity (Wildman–Crippen MR) is 181 cm³/mol. The Morgan fingerprint density at radius 2 is 1.59 bits per heavy atom. The standard InChI is InChI=1S/C36H44N8O2/c1-23-31(12-13-32-34(23)38-22-42(32)4)36(46)40-27-19-29-10-11-30(20-27)44(29)33-14-7-26(21-37-33)35(45)39-24(2)25-5-8-28(9-6-25)43-17-15-41(3)16-18-43/h5-9,12-14,21-22,24,27,29-30H,10-11,15-20H2,1-4H3,(H,39,45)(H,40,46)/t24-,27-,29+,30-/m0/s1. The van der Waals surface area contributed by atoms with Gasteiger partial charge in [-0.15, -0.1) is 0 Å². The van der Waals surface area contributed by atoms with Crippen LogP contribution in [-0.2, 0) is 7.05 Å². The molecule has 2 aromatic carbocycles. The van der Waals surface area contributed by atoms with Crippen molar-refractivity contribution in [3.63, 3.8) is 0 Å². The van der Waals surface area contributed by atoms with E-state index in [2.05, 4.69) is 61.6 Å². The van der Waals surface area contributed by atoms with E-state index in [-0.39, 0.29) is 23.9 Å². The van der Waals surface area contributed by atoms with E-state index >= 15 is 0 Å². The van der Waals surface area contributed by atoms with Crippen LogP contribution < -0.4 is 20.4 Å². The Bertz CT molecular complexity index is 1710. The maximum absolute atomic E-state index is 13.3. The highest BCUT2D eigenvalue weighted by Crippen LogP contribution is 2.39. The van der Waals surface area contributed by atoms with Gasteiger partial charge in [0.25, 0.3) is 11.8 Å². The van der Waals surface area contributed by atoms with Gasteiger partial charge in [0.1, 0.15) is 5.82 Å². The number of nitrogens with one attached hydrogen (secondary N) is 2. The van der Waals surface area contributed by atoms with Gasteiger partial charge in [0, 0.05) is 68.8 Å². The number of hydrogen-bond acceptors (Lipinski definition) is 7. The molecule has 46 heavy (non-hydrogen) atoms. The number of carbonyl (C=O) groups excluding carboxylic acids is 2. The second kappa shape index (κ2) is 12.4. The summed E-state index contributed by atoms with van der Waals surface area (Å²) in [4.78, 5) is 42.9. The number of imidazole rings is 1. The maximum atomic E-state index is 13.3. The molecular formula is C36H44N8O2. The van der Waals surface area contributed by atoms with Gasteiger partial charge >= 0.3 is 0 Å². The third-order valence-corrected chi connectivity index (χ3v) is 10.3. The van der Waals surface area contributed by atoms with Crippen LogP contribution in [0.1, 0.15) is 70.5 Å². The Balaban J connectivity index is 0.946. The third-order valence-electron chi connectivity index (χ3n) is 10.3. The van der Waals surface area contributed by atoms with E-state index in [1.807, 2.05) is 49.7 Å². The number of likely N-dealkylation sites (N-methyl/N-ethyl adjacent to an activating group) is 1. The first kappa shape index (κ1) is 30.2. The van der Waals surface area contributed by atoms with Gasteiger partial charge in [0.2, 0.25) is 0 Å². The van der Waals surface area contributed by atoms with Crippen molar-refractivity contribution in [2.45, 2.75) is 63.7 Å². The summed E-state index contributed by atoms with van der Waals surface area (Å²) >= 11 is 0. The molecule has 3 saturated heterocycles. The minimum atomic E-state index is -0.127. The van der Waals surface area contributed by atoms with Crippen LogP contribution in [0, 0.1) is 6.92 Å². The van der Waals surface area contributed by atoms with Gasteiger partial charge in [0.05, 0.1) is 29.0 Å². The van der Waals surface area contributed by atoms with Crippen molar-refractivity contribution in [3.05, 3.63) is 83.3 Å². The second-order valence-electron chi connectivity index (χ2n) is 13.4. The molecule has 0 unspecified atom stereocenters. The molecule has 5 heterocycles. The first-order chi connectivity index (χ1) is 22.2. The van der Waals surface area contributed by atoms with Gasteiger partial charge in [-0.05, 0) is 94.1 Å². The zero-order chi connectivity index (χ0) is 31.9. The minimum absolute atomic E-state index is 0.0309. The lowest BCUT2D eigenvalue weighted by atomic mass is 9.96. The number of piperazine rings is 1. The summed E-state index contributed by atoms with van der Waals surface area (Å²) in [5.74, 6) is 0.743. The summed E-state index contributed by atoms with van der Waals surface area (Å²) in [7, 11) is 4.13. The Labute approximate surface area is 270 Å². The fourth-order valence-electron chi connectivity index (χ4n) is 7.59. The van der Waals surface area contributed by atoms with Crippen molar-refractivity contribution in [2.75, 3.05) is 43.0 Å². The van der Waals surface area contributed by atoms with Gasteiger partial charge in [-0.2, -0.15) is 0 Å². The van der Waals surface area contributed by atoms with E-state index in [4.69, 9.17) is 4.98 Å². The Hall–Kier alpha value is -4.44. The number of aryl methyl sites for hydroxylation is 2. The molecule has 2 aromatic heterocycles. The zero-order valence-electron chi connectivity index (χ0n) is 27.2. The van der Waals surface area contributed by atoms with Crippen molar-refractivity contribution in [1.29, 1.82) is 0 Å². The van der Waals surface area contributed by atoms with Crippen molar-refractivity contribution in [3.8, 4) is 0 Å². The third kappa shape index (κ3) is 5.82. The highest BCUT2D eigenvalue weighted by atomic mass is 16.2. The number of anilines is 2. The number of piperidine rings is 1. The fourth-order valence-corrected chi connectivity index (χ4v) is 7.59. The molecule has 7 rings (SSSR count). The monoisotopic (exact) mass is 620 g/mol. The SMILES string of the molecule is Cc1c(C(=O)N[C@H]2C[C@H]3CC[C@@H](C2)N3c2ccc(C(=O)N[C@@H](C)c3ccc(N4CCN(C)CC4)cc3)cn2)ccc2c1ncn2C. The van der Waals surface area contributed by atoms with Gasteiger partial charge in [-0.1, -0.05) is 12.1 Å². The van der Waals surface area contributed by atoms with Crippen LogP contribution in [0.5, 0.6) is 0 Å². The lowest BCUT2D eigenvalue weighted by molar-refractivity contribution is 0.0922. The first-order valence-electron chi connectivity index (χ1n) is 16.6. The number of carbonyl (C=O) groups is 2. The Kier molecular flexibility index (Phi) is 8.15. The highest BCUT2D eigenvalue weighted by molar-refractivity contribution is 6.00. The largest absolute Gasteiger partial charge is 0.369 e. The molecule has 10 nitrogen and oxygen atoms in total. The quantitative estimate of drug-likeness (QED) is 0.315. The molecule has 2 amide bonds. The summed E-state index contributed by atoms with van der Waals surface area (Å²) < 4.78 is 1.97. The molecule has 10 heteroatoms. The van der Waals surface area contributed by atoms with Crippen LogP contribution in [0.15, 0.2) is 61.1 Å². The predicted octanol–water partition coefficient (Wildman–Crippen LogP) is 4.45. The highest BCUT2D eigenvalue weighted by Gasteiger charge is 2.42. The molecule has 0 radical (unpaired) electrons. The van der Waals surface area contributed by atoms with Crippen molar-refractivity contribution >= 4 is 34.4 Å². The van der Waals surface area contributed by atoms with Gasteiger partial charge < -0.3 is 29.9 Å². The van der Waals surface area contributed by atoms with Crippen LogP contribution >= 0.6 is 0 Å². The summed E-state index contributed by atoms with van der Waals surface area (Å²) in [5.41, 5.74) is 6.36. The number of aromatic nitrogens is 3. The number of benzene rings is 2. The number of nitrogens with zero attached hydrogens (tertiary/aromatic N) is 6. The molecule has 3 aliphatic heterocycles. The minimum Gasteiger partial charge on any atom is -0.369 e. The summed E-state index contributed by atoms with van der Waals surface area (Å²) in [6, 6.07) is 16.9. The molecule has 3 aliphatic rings. The molecular weight excluding hydrogens is 576 g/mol. The topological polar surface area (TPSA) is 98.6 Å². The number of pyridine rings is 1. The van der Waals surface area contributed by atoms with E-state index in [9.17, 15) is 9.59 Å². The molecule has 0 saturated carbocycles. The average molecular weight is 621 g/mol. The second-order valence-corrected chi connectivity index (χ2v) is 13.4. The molecule has 4 atom stereocenters. The summed E-state index contributed by atoms with van der Waals surface area (Å²) in [6.45, 7) is 8.20. The van der Waals surface area contributed by atoms with Gasteiger partial charge in [-0.25, -0.2) is 9.97 Å². The van der Waals surface area contributed by atoms with E-state index < -0.39 is 0 Å². The van der Waals surface area contributed by atoms with Crippen LogP contribution in [-0.4, -0.2) is 82.6 Å². The number of rotatable bonds is 7. The van der Waals surface area contributed by atoms with Gasteiger partial charge in [0.15, 0.2) is 0 Å². The van der Waals surface area contributed by atoms with Crippen LogP contribution in [0.4, 0.5) is 11.5 Å². The Morgan fingerprint density at radius 3 is 2.26 bits per heavy atom. The lowest BCUT2D eigenvalue weighted by Gasteiger charge is -2.40. The number of hydrogen-bond donors (Lipinski definition) is 2. The molecule has 0 spiro atoms. The molecule has 4 aromatic rings. The number of fused-ring (bicyclic) bond motifs is 3. The van der Waals surface area contributed by atoms with E-state index in [1.54, 1.807) is 12.5 Å². The summed E-state index contributed by atoms with van der Waals surface area (Å²) in [5, 5.41) is 6.46. The molecule has 240 valence electrons. The first-order valence-corrected chi connectivity index (χ1v) is 16.6. The van der Waals surface area contributed by atoms with Crippen LogP contribution in [0.2, 0.25) is 0 Å². The number of amides is 2. The fraction of sp³-hybridized carbons (Fsp3) is 0.444. The van der Waals surface area contributed by atoms with Crippen LogP contribution in [0.3, 0.4) is 0 Å². The van der Waals surface area contributed by atoms with Crippen molar-refractivity contribution in [2.24, 2.45) is 7.05 Å². The van der Waals surface area contributed by atoms with E-state index in [1.165, 1.54) is 5.69 Å². The molecule has 2 bridgehead atoms. The molecule has 3 fully saturated rings. The Morgan fingerprint density at radius 1 is 0.870 bits per heavy atom. The van der Waals surface area contributed by atoms with Gasteiger partial charge in [-0.3, -0.25) is 9.59 Å². The zero-order valence-corrected chi connectivity index (χ0v) is 27.2. The maximum Gasteiger partial charge on any atom is 0.253 e. The van der Waals surface area contributed by atoms with Crippen molar-refractivity contribution in [1.82, 2.24) is 30.1 Å². The average Bonchev–Trinajstić information content (AvgIpc) is 3.57. The van der Waals surface area contributed by atoms with E-state index in [0.29, 0.717) is 23.2 Å². The van der Waals surface area contributed by atoms with E-state index in [0.717, 1.165) is 79.8 Å². The summed E-state index contributed by atoms with van der Waals surface area (Å²) in [6.07, 6.45) is 7.38. The molecule has 2 N–H and O–H groups in total. The van der Waals surface area contributed by atoms with Crippen LogP contribution in [0.25, 0.3) is 11.0 Å². The normalized spacial score (nSPS) is 22.2.